The quantitative estimate of drug-likeness (QED) is 0.935. The Hall–Kier alpha value is -1.40. The Labute approximate surface area is 118 Å². The summed E-state index contributed by atoms with van der Waals surface area (Å²) in [6.07, 6.45) is 0. The molecule has 0 radical (unpaired) electrons. The van der Waals surface area contributed by atoms with Crippen LogP contribution in [0.1, 0.15) is 5.56 Å². The fourth-order valence-electron chi connectivity index (χ4n) is 1.28. The maximum absolute atomic E-state index is 5.76. The van der Waals surface area contributed by atoms with E-state index in [0.717, 1.165) is 10.0 Å². The van der Waals surface area contributed by atoms with Crippen molar-refractivity contribution in [1.29, 1.82) is 0 Å². The molecule has 2 aromatic rings. The van der Waals surface area contributed by atoms with Crippen LogP contribution < -0.4 is 10.1 Å². The van der Waals surface area contributed by atoms with Crippen molar-refractivity contribution < 1.29 is 4.74 Å². The maximum Gasteiger partial charge on any atom is 0.328 e. The van der Waals surface area contributed by atoms with Gasteiger partial charge in [0.25, 0.3) is 0 Å². The van der Waals surface area contributed by atoms with E-state index in [1.54, 1.807) is 7.05 Å². The molecule has 0 fully saturated rings. The molecule has 0 atom stereocenters. The highest BCUT2D eigenvalue weighted by molar-refractivity contribution is 9.10. The molecule has 0 bridgehead atoms. The first-order chi connectivity index (χ1) is 8.58. The number of nitrogens with one attached hydrogen (secondary N) is 1. The second kappa shape index (κ2) is 5.49. The number of rotatable bonds is 3. The van der Waals surface area contributed by atoms with Crippen LogP contribution in [0.5, 0.6) is 11.8 Å². The lowest BCUT2D eigenvalue weighted by molar-refractivity contribution is 0.440. The summed E-state index contributed by atoms with van der Waals surface area (Å²) in [5.74, 6) is 0.999. The molecule has 7 heteroatoms. The van der Waals surface area contributed by atoms with Gasteiger partial charge in [0, 0.05) is 11.5 Å². The molecule has 0 aliphatic heterocycles. The van der Waals surface area contributed by atoms with E-state index in [0.29, 0.717) is 11.7 Å². The molecular formula is C11H10BrClN4O. The van der Waals surface area contributed by atoms with Gasteiger partial charge in [0.2, 0.25) is 11.2 Å². The highest BCUT2D eigenvalue weighted by Gasteiger charge is 2.07. The normalized spacial score (nSPS) is 10.2. The van der Waals surface area contributed by atoms with E-state index < -0.39 is 0 Å². The van der Waals surface area contributed by atoms with Gasteiger partial charge in [-0.25, -0.2) is 0 Å². The van der Waals surface area contributed by atoms with Crippen LogP contribution in [0, 0.1) is 6.92 Å². The van der Waals surface area contributed by atoms with Crippen LogP contribution >= 0.6 is 27.5 Å². The zero-order chi connectivity index (χ0) is 13.1. The second-order valence-corrected chi connectivity index (χ2v) is 4.67. The number of ether oxygens (including phenoxy) is 1. The Morgan fingerprint density at radius 3 is 2.72 bits per heavy atom. The molecule has 1 aromatic heterocycles. The average Bonchev–Trinajstić information content (AvgIpc) is 2.33. The van der Waals surface area contributed by atoms with Crippen molar-refractivity contribution in [2.24, 2.45) is 0 Å². The van der Waals surface area contributed by atoms with Crippen LogP contribution in [0.4, 0.5) is 5.95 Å². The van der Waals surface area contributed by atoms with Crippen molar-refractivity contribution >= 4 is 33.5 Å². The van der Waals surface area contributed by atoms with Crippen LogP contribution in [0.3, 0.4) is 0 Å². The summed E-state index contributed by atoms with van der Waals surface area (Å²) in [6, 6.07) is 5.74. The van der Waals surface area contributed by atoms with E-state index in [2.05, 4.69) is 36.2 Å². The van der Waals surface area contributed by atoms with Crippen molar-refractivity contribution in [3.63, 3.8) is 0 Å². The van der Waals surface area contributed by atoms with Gasteiger partial charge in [-0.1, -0.05) is 15.9 Å². The molecular weight excluding hydrogens is 320 g/mol. The Kier molecular flexibility index (Phi) is 3.98. The van der Waals surface area contributed by atoms with Crippen molar-refractivity contribution in [2.75, 3.05) is 12.4 Å². The zero-order valence-corrected chi connectivity index (χ0v) is 12.1. The van der Waals surface area contributed by atoms with E-state index in [1.807, 2.05) is 25.1 Å². The molecule has 0 saturated heterocycles. The van der Waals surface area contributed by atoms with Gasteiger partial charge >= 0.3 is 6.01 Å². The number of anilines is 1. The summed E-state index contributed by atoms with van der Waals surface area (Å²) in [4.78, 5) is 11.8. The molecule has 1 aromatic carbocycles. The number of aromatic nitrogens is 3. The zero-order valence-electron chi connectivity index (χ0n) is 9.74. The van der Waals surface area contributed by atoms with Crippen LogP contribution in [0.25, 0.3) is 0 Å². The van der Waals surface area contributed by atoms with Gasteiger partial charge in [-0.15, -0.1) is 0 Å². The fourth-order valence-corrected chi connectivity index (χ4v) is 1.67. The molecule has 0 saturated carbocycles. The van der Waals surface area contributed by atoms with Crippen molar-refractivity contribution in [3.8, 4) is 11.8 Å². The first kappa shape index (κ1) is 13.0. The lowest BCUT2D eigenvalue weighted by Gasteiger charge is -2.06. The summed E-state index contributed by atoms with van der Waals surface area (Å²) < 4.78 is 6.54. The van der Waals surface area contributed by atoms with Crippen molar-refractivity contribution in [2.45, 2.75) is 6.92 Å². The van der Waals surface area contributed by atoms with Crippen molar-refractivity contribution in [1.82, 2.24) is 15.0 Å². The minimum Gasteiger partial charge on any atom is -0.424 e. The van der Waals surface area contributed by atoms with E-state index in [9.17, 15) is 0 Å². The van der Waals surface area contributed by atoms with Gasteiger partial charge in [-0.3, -0.25) is 0 Å². The van der Waals surface area contributed by atoms with Gasteiger partial charge in [-0.05, 0) is 42.3 Å². The molecule has 2 rings (SSSR count). The van der Waals surface area contributed by atoms with Gasteiger partial charge < -0.3 is 10.1 Å². The largest absolute Gasteiger partial charge is 0.424 e. The summed E-state index contributed by atoms with van der Waals surface area (Å²) in [5, 5.41) is 2.86. The number of hydrogen-bond acceptors (Lipinski definition) is 5. The van der Waals surface area contributed by atoms with E-state index in [-0.39, 0.29) is 11.3 Å². The average molecular weight is 330 g/mol. The van der Waals surface area contributed by atoms with Crippen molar-refractivity contribution in [3.05, 3.63) is 33.5 Å². The first-order valence-electron chi connectivity index (χ1n) is 5.12. The third kappa shape index (κ3) is 3.08. The van der Waals surface area contributed by atoms with Crippen LogP contribution in [0.15, 0.2) is 22.7 Å². The van der Waals surface area contributed by atoms with Crippen LogP contribution in [0.2, 0.25) is 5.28 Å². The molecule has 94 valence electrons. The number of halogens is 2. The Bertz CT molecular complexity index is 579. The standard InChI is InChI=1S/C11H10BrClN4O/c1-6-5-7(3-4-8(6)12)18-11-16-9(13)15-10(14-2)17-11/h3-5H,1-2H3,(H,14,15,16,17). The van der Waals surface area contributed by atoms with Crippen LogP contribution in [-0.4, -0.2) is 22.0 Å². The third-order valence-electron chi connectivity index (χ3n) is 2.15. The predicted octanol–water partition coefficient (Wildman–Crippen LogP) is 3.43. The molecule has 5 nitrogen and oxygen atoms in total. The monoisotopic (exact) mass is 328 g/mol. The van der Waals surface area contributed by atoms with Gasteiger partial charge in [0.1, 0.15) is 5.75 Å². The molecule has 0 spiro atoms. The number of benzene rings is 1. The highest BCUT2D eigenvalue weighted by Crippen LogP contribution is 2.25. The first-order valence-corrected chi connectivity index (χ1v) is 6.29. The molecule has 0 amide bonds. The van der Waals surface area contributed by atoms with E-state index in [1.165, 1.54) is 0 Å². The van der Waals surface area contributed by atoms with Gasteiger partial charge in [0.05, 0.1) is 0 Å². The maximum atomic E-state index is 5.76. The summed E-state index contributed by atoms with van der Waals surface area (Å²) in [6.45, 7) is 1.97. The van der Waals surface area contributed by atoms with Gasteiger partial charge in [-0.2, -0.15) is 15.0 Å². The lowest BCUT2D eigenvalue weighted by atomic mass is 10.2. The number of hydrogen-bond donors (Lipinski definition) is 1. The molecule has 18 heavy (non-hydrogen) atoms. The van der Waals surface area contributed by atoms with Crippen LogP contribution in [-0.2, 0) is 0 Å². The summed E-state index contributed by atoms with van der Waals surface area (Å²) in [7, 11) is 1.69. The molecule has 0 aliphatic carbocycles. The third-order valence-corrected chi connectivity index (χ3v) is 3.21. The predicted molar refractivity (Wildman–Crippen MR) is 73.3 cm³/mol. The Balaban J connectivity index is 2.27. The molecule has 1 heterocycles. The minimum absolute atomic E-state index is 0.0817. The molecule has 0 unspecified atom stereocenters. The van der Waals surface area contributed by atoms with E-state index in [4.69, 9.17) is 16.3 Å². The Morgan fingerprint density at radius 1 is 1.28 bits per heavy atom. The topological polar surface area (TPSA) is 59.9 Å². The fraction of sp³-hybridized carbons (Fsp3) is 0.182. The SMILES string of the molecule is CNc1nc(Cl)nc(Oc2ccc(Br)c(C)c2)n1. The highest BCUT2D eigenvalue weighted by atomic mass is 79.9. The second-order valence-electron chi connectivity index (χ2n) is 3.47. The molecule has 0 aliphatic rings. The summed E-state index contributed by atoms with van der Waals surface area (Å²) >= 11 is 9.18. The van der Waals surface area contributed by atoms with E-state index >= 15 is 0 Å². The molecule has 1 N–H and O–H groups in total. The lowest BCUT2D eigenvalue weighted by Crippen LogP contribution is -2.01. The van der Waals surface area contributed by atoms with Gasteiger partial charge in [0.15, 0.2) is 0 Å². The number of nitrogens with zero attached hydrogens (tertiary/aromatic N) is 3. The Morgan fingerprint density at radius 2 is 2.06 bits per heavy atom. The summed E-state index contributed by atoms with van der Waals surface area (Å²) in [5.41, 5.74) is 1.06. The smallest absolute Gasteiger partial charge is 0.328 e. The minimum atomic E-state index is 0.0817. The number of aryl methyl sites for hydroxylation is 1.